The molecule has 5 nitrogen and oxygen atoms in total. The minimum atomic E-state index is 0.0676. The van der Waals surface area contributed by atoms with Gasteiger partial charge >= 0.3 is 0 Å². The fourth-order valence-corrected chi connectivity index (χ4v) is 3.46. The van der Waals surface area contributed by atoms with Crippen molar-refractivity contribution in [2.45, 2.75) is 32.6 Å². The molecule has 27 heavy (non-hydrogen) atoms. The number of piperidine rings is 1. The van der Waals surface area contributed by atoms with Crippen molar-refractivity contribution >= 4 is 5.91 Å². The molecule has 1 aliphatic rings. The van der Waals surface area contributed by atoms with E-state index in [4.69, 9.17) is 4.52 Å². The van der Waals surface area contributed by atoms with Gasteiger partial charge in [0.05, 0.1) is 5.92 Å². The molecule has 0 N–H and O–H groups in total. The van der Waals surface area contributed by atoms with Crippen LogP contribution in [-0.2, 0) is 0 Å². The predicted molar refractivity (Wildman–Crippen MR) is 104 cm³/mol. The standard InChI is InChI=1S/C22H23N3O2/c1-15-5-9-17(10-6-15)20-23-21(27-24-20)19-4-3-13-25(14-19)22(26)18-11-7-16(2)8-12-18/h5-12,19H,3-4,13-14H2,1-2H3/t19-/m0/s1. The van der Waals surface area contributed by atoms with Crippen molar-refractivity contribution in [1.29, 1.82) is 0 Å². The lowest BCUT2D eigenvalue weighted by atomic mass is 9.97. The Morgan fingerprint density at radius 1 is 1.04 bits per heavy atom. The van der Waals surface area contributed by atoms with Crippen LogP contribution in [0.5, 0.6) is 0 Å². The van der Waals surface area contributed by atoms with Crippen LogP contribution in [0.4, 0.5) is 0 Å². The highest BCUT2D eigenvalue weighted by Gasteiger charge is 2.29. The lowest BCUT2D eigenvalue weighted by molar-refractivity contribution is 0.0695. The van der Waals surface area contributed by atoms with Crippen LogP contribution in [0.2, 0.25) is 0 Å². The number of hydrogen-bond donors (Lipinski definition) is 0. The third-order valence-electron chi connectivity index (χ3n) is 5.11. The van der Waals surface area contributed by atoms with E-state index in [1.807, 2.05) is 67.3 Å². The van der Waals surface area contributed by atoms with Crippen LogP contribution < -0.4 is 0 Å². The number of carbonyl (C=O) groups is 1. The number of rotatable bonds is 3. The number of hydrogen-bond acceptors (Lipinski definition) is 4. The molecular formula is C22H23N3O2. The molecule has 0 bridgehead atoms. The van der Waals surface area contributed by atoms with Crippen molar-refractivity contribution in [3.63, 3.8) is 0 Å². The van der Waals surface area contributed by atoms with Crippen molar-refractivity contribution in [3.8, 4) is 11.4 Å². The van der Waals surface area contributed by atoms with Gasteiger partial charge in [0, 0.05) is 24.2 Å². The van der Waals surface area contributed by atoms with Crippen LogP contribution in [0.3, 0.4) is 0 Å². The molecule has 0 spiro atoms. The number of benzene rings is 2. The Morgan fingerprint density at radius 2 is 1.70 bits per heavy atom. The van der Waals surface area contributed by atoms with Crippen molar-refractivity contribution in [2.75, 3.05) is 13.1 Å². The Bertz CT molecular complexity index is 929. The van der Waals surface area contributed by atoms with Gasteiger partial charge in [0.15, 0.2) is 0 Å². The lowest BCUT2D eigenvalue weighted by Crippen LogP contribution is -2.39. The molecule has 0 saturated carbocycles. The summed E-state index contributed by atoms with van der Waals surface area (Å²) in [5.41, 5.74) is 4.02. The third-order valence-corrected chi connectivity index (χ3v) is 5.11. The summed E-state index contributed by atoms with van der Waals surface area (Å²) in [5, 5.41) is 4.14. The molecule has 0 unspecified atom stereocenters. The lowest BCUT2D eigenvalue weighted by Gasteiger charge is -2.31. The maximum Gasteiger partial charge on any atom is 0.253 e. The molecule has 1 amide bonds. The third kappa shape index (κ3) is 3.77. The number of amides is 1. The molecule has 138 valence electrons. The Labute approximate surface area is 159 Å². The summed E-state index contributed by atoms with van der Waals surface area (Å²) in [7, 11) is 0. The van der Waals surface area contributed by atoms with Gasteiger partial charge in [-0.3, -0.25) is 4.79 Å². The van der Waals surface area contributed by atoms with Gasteiger partial charge in [-0.05, 0) is 38.8 Å². The van der Waals surface area contributed by atoms with E-state index >= 15 is 0 Å². The van der Waals surface area contributed by atoms with Crippen molar-refractivity contribution in [1.82, 2.24) is 15.0 Å². The molecular weight excluding hydrogens is 338 g/mol. The van der Waals surface area contributed by atoms with Gasteiger partial charge in [0.2, 0.25) is 11.7 Å². The highest BCUT2D eigenvalue weighted by atomic mass is 16.5. The largest absolute Gasteiger partial charge is 0.339 e. The number of aryl methyl sites for hydroxylation is 2. The average molecular weight is 361 g/mol. The van der Waals surface area contributed by atoms with Gasteiger partial charge in [-0.25, -0.2) is 0 Å². The van der Waals surface area contributed by atoms with Gasteiger partial charge in [-0.2, -0.15) is 4.98 Å². The topological polar surface area (TPSA) is 59.2 Å². The molecule has 1 fully saturated rings. The van der Waals surface area contributed by atoms with E-state index in [1.165, 1.54) is 5.56 Å². The predicted octanol–water partition coefficient (Wildman–Crippen LogP) is 4.37. The number of aromatic nitrogens is 2. The molecule has 1 atom stereocenters. The Kier molecular flexibility index (Phi) is 4.75. The summed E-state index contributed by atoms with van der Waals surface area (Å²) in [5.74, 6) is 1.37. The molecule has 2 aromatic carbocycles. The van der Waals surface area contributed by atoms with Gasteiger partial charge in [-0.15, -0.1) is 0 Å². The van der Waals surface area contributed by atoms with E-state index in [9.17, 15) is 4.79 Å². The maximum absolute atomic E-state index is 12.8. The first kappa shape index (κ1) is 17.5. The highest BCUT2D eigenvalue weighted by molar-refractivity contribution is 5.94. The second kappa shape index (κ2) is 7.35. The summed E-state index contributed by atoms with van der Waals surface area (Å²) in [6.45, 7) is 5.45. The molecule has 0 aliphatic carbocycles. The van der Waals surface area contributed by atoms with Crippen LogP contribution in [0, 0.1) is 13.8 Å². The second-order valence-electron chi connectivity index (χ2n) is 7.28. The zero-order valence-corrected chi connectivity index (χ0v) is 15.7. The molecule has 3 aromatic rings. The van der Waals surface area contributed by atoms with Crippen LogP contribution >= 0.6 is 0 Å². The van der Waals surface area contributed by atoms with Crippen LogP contribution in [0.1, 0.15) is 46.1 Å². The zero-order chi connectivity index (χ0) is 18.8. The summed E-state index contributed by atoms with van der Waals surface area (Å²) >= 11 is 0. The van der Waals surface area contributed by atoms with E-state index in [0.29, 0.717) is 18.3 Å². The van der Waals surface area contributed by atoms with Crippen molar-refractivity contribution in [3.05, 3.63) is 71.1 Å². The molecule has 1 aliphatic heterocycles. The van der Waals surface area contributed by atoms with Gasteiger partial charge in [0.25, 0.3) is 5.91 Å². The molecule has 5 heteroatoms. The summed E-state index contributed by atoms with van der Waals surface area (Å²) < 4.78 is 5.54. The van der Waals surface area contributed by atoms with E-state index < -0.39 is 0 Å². The van der Waals surface area contributed by atoms with E-state index in [0.717, 1.165) is 36.1 Å². The van der Waals surface area contributed by atoms with Crippen LogP contribution in [0.15, 0.2) is 53.1 Å². The number of carbonyl (C=O) groups excluding carboxylic acids is 1. The maximum atomic E-state index is 12.8. The fourth-order valence-electron chi connectivity index (χ4n) is 3.46. The molecule has 1 saturated heterocycles. The molecule has 4 rings (SSSR count). The SMILES string of the molecule is Cc1ccc(C(=O)N2CCC[C@H](c3nc(-c4ccc(C)cc4)no3)C2)cc1. The summed E-state index contributed by atoms with van der Waals surface area (Å²) in [6.07, 6.45) is 1.89. The number of nitrogens with zero attached hydrogens (tertiary/aromatic N) is 3. The zero-order valence-electron chi connectivity index (χ0n) is 15.7. The highest BCUT2D eigenvalue weighted by Crippen LogP contribution is 2.28. The Morgan fingerprint density at radius 3 is 2.41 bits per heavy atom. The van der Waals surface area contributed by atoms with Crippen molar-refractivity contribution < 1.29 is 9.32 Å². The first-order valence-corrected chi connectivity index (χ1v) is 9.37. The smallest absolute Gasteiger partial charge is 0.253 e. The minimum Gasteiger partial charge on any atom is -0.339 e. The second-order valence-corrected chi connectivity index (χ2v) is 7.28. The van der Waals surface area contributed by atoms with Gasteiger partial charge in [0.1, 0.15) is 0 Å². The normalized spacial score (nSPS) is 17.1. The summed E-state index contributed by atoms with van der Waals surface area (Å²) in [6, 6.07) is 15.8. The van der Waals surface area contributed by atoms with Crippen molar-refractivity contribution in [2.24, 2.45) is 0 Å². The molecule has 1 aromatic heterocycles. The Balaban J connectivity index is 1.49. The fraction of sp³-hybridized carbons (Fsp3) is 0.318. The van der Waals surface area contributed by atoms with Gasteiger partial charge in [-0.1, -0.05) is 52.7 Å². The molecule has 2 heterocycles. The number of likely N-dealkylation sites (tertiary alicyclic amines) is 1. The molecule has 0 radical (unpaired) electrons. The van der Waals surface area contributed by atoms with Crippen LogP contribution in [0.25, 0.3) is 11.4 Å². The Hall–Kier alpha value is -2.95. The van der Waals surface area contributed by atoms with Crippen LogP contribution in [-0.4, -0.2) is 34.0 Å². The van der Waals surface area contributed by atoms with E-state index in [2.05, 4.69) is 10.1 Å². The minimum absolute atomic E-state index is 0.0676. The quantitative estimate of drug-likeness (QED) is 0.695. The van der Waals surface area contributed by atoms with E-state index in [-0.39, 0.29) is 11.8 Å². The van der Waals surface area contributed by atoms with E-state index in [1.54, 1.807) is 0 Å². The summed E-state index contributed by atoms with van der Waals surface area (Å²) in [4.78, 5) is 19.3. The first-order chi connectivity index (χ1) is 13.1. The average Bonchev–Trinajstić information content (AvgIpc) is 3.19. The first-order valence-electron chi connectivity index (χ1n) is 9.37. The monoisotopic (exact) mass is 361 g/mol. The van der Waals surface area contributed by atoms with Gasteiger partial charge < -0.3 is 9.42 Å².